The fraction of sp³-hybridized carbons (Fsp3) is 0.316. The first-order valence-corrected chi connectivity index (χ1v) is 7.65. The molecule has 1 unspecified atom stereocenters. The van der Waals surface area contributed by atoms with Crippen LogP contribution in [0.3, 0.4) is 0 Å². The van der Waals surface area contributed by atoms with Crippen LogP contribution in [0, 0.1) is 11.3 Å². The normalized spacial score (nSPS) is 20.2. The fourth-order valence-electron chi connectivity index (χ4n) is 2.88. The van der Waals surface area contributed by atoms with Gasteiger partial charge in [-0.3, -0.25) is 0 Å². The molecular weight excluding hydrogens is 274 g/mol. The van der Waals surface area contributed by atoms with E-state index >= 15 is 0 Å². The van der Waals surface area contributed by atoms with Crippen molar-refractivity contribution in [2.45, 2.75) is 31.2 Å². The Hall–Kier alpha value is -2.15. The van der Waals surface area contributed by atoms with Gasteiger partial charge in [0.2, 0.25) is 5.79 Å². The zero-order chi connectivity index (χ0) is 15.3. The van der Waals surface area contributed by atoms with E-state index in [0.29, 0.717) is 13.0 Å². The topological polar surface area (TPSA) is 42.2 Å². The van der Waals surface area contributed by atoms with E-state index in [4.69, 9.17) is 14.7 Å². The van der Waals surface area contributed by atoms with Gasteiger partial charge in [0.15, 0.2) is 0 Å². The molecule has 1 saturated heterocycles. The maximum absolute atomic E-state index is 8.82. The summed E-state index contributed by atoms with van der Waals surface area (Å²) in [5.74, 6) is -0.874. The van der Waals surface area contributed by atoms with E-state index < -0.39 is 5.79 Å². The number of rotatable bonds is 4. The van der Waals surface area contributed by atoms with Crippen molar-refractivity contribution in [3.05, 3.63) is 71.8 Å². The molecule has 1 atom stereocenters. The molecule has 1 heterocycles. The molecule has 1 aliphatic rings. The van der Waals surface area contributed by atoms with Gasteiger partial charge < -0.3 is 9.47 Å². The second-order valence-electron chi connectivity index (χ2n) is 5.42. The summed E-state index contributed by atoms with van der Waals surface area (Å²) in [7, 11) is 0. The van der Waals surface area contributed by atoms with Gasteiger partial charge in [-0.05, 0) is 12.8 Å². The minimum absolute atomic E-state index is 0.0359. The molecule has 3 rings (SSSR count). The number of hydrogen-bond acceptors (Lipinski definition) is 3. The quantitative estimate of drug-likeness (QED) is 0.855. The minimum Gasteiger partial charge on any atom is -0.342 e. The summed E-state index contributed by atoms with van der Waals surface area (Å²) >= 11 is 0. The summed E-state index contributed by atoms with van der Waals surface area (Å²) in [6.07, 6.45) is 2.10. The highest BCUT2D eigenvalue weighted by Crippen LogP contribution is 2.40. The van der Waals surface area contributed by atoms with Gasteiger partial charge in [0, 0.05) is 17.5 Å². The summed E-state index contributed by atoms with van der Waals surface area (Å²) in [5.41, 5.74) is 1.98. The van der Waals surface area contributed by atoms with E-state index in [9.17, 15) is 0 Å². The van der Waals surface area contributed by atoms with Crippen LogP contribution in [0.15, 0.2) is 60.7 Å². The molecule has 3 heteroatoms. The minimum atomic E-state index is -0.874. The lowest BCUT2D eigenvalue weighted by Crippen LogP contribution is -2.43. The van der Waals surface area contributed by atoms with E-state index in [2.05, 4.69) is 6.07 Å². The van der Waals surface area contributed by atoms with Crippen LogP contribution in [-0.4, -0.2) is 12.7 Å². The summed E-state index contributed by atoms with van der Waals surface area (Å²) in [5, 5.41) is 8.82. The van der Waals surface area contributed by atoms with Crippen molar-refractivity contribution >= 4 is 0 Å². The molecule has 112 valence electrons. The van der Waals surface area contributed by atoms with E-state index in [1.807, 2.05) is 60.7 Å². The smallest absolute Gasteiger partial charge is 0.222 e. The van der Waals surface area contributed by atoms with E-state index in [-0.39, 0.29) is 6.10 Å². The first-order valence-electron chi connectivity index (χ1n) is 7.65. The molecule has 0 amide bonds. The number of ether oxygens (including phenoxy) is 2. The lowest BCUT2D eigenvalue weighted by atomic mass is 9.95. The number of nitriles is 1. The van der Waals surface area contributed by atoms with Crippen LogP contribution in [0.1, 0.15) is 30.4 Å². The Balaban J connectivity index is 1.99. The third-order valence-corrected chi connectivity index (χ3v) is 3.96. The van der Waals surface area contributed by atoms with E-state index in [0.717, 1.165) is 24.0 Å². The Morgan fingerprint density at radius 1 is 1.00 bits per heavy atom. The molecule has 0 spiro atoms. The average Bonchev–Trinajstić information content (AvgIpc) is 2.61. The maximum Gasteiger partial charge on any atom is 0.222 e. The van der Waals surface area contributed by atoms with Crippen molar-refractivity contribution in [2.24, 2.45) is 0 Å². The molecule has 0 aromatic heterocycles. The van der Waals surface area contributed by atoms with Crippen LogP contribution in [-0.2, 0) is 15.3 Å². The Labute approximate surface area is 131 Å². The third kappa shape index (κ3) is 2.89. The maximum atomic E-state index is 8.82. The zero-order valence-electron chi connectivity index (χ0n) is 12.4. The van der Waals surface area contributed by atoms with Crippen molar-refractivity contribution < 1.29 is 9.47 Å². The summed E-state index contributed by atoms with van der Waals surface area (Å²) in [6, 6.07) is 22.2. The zero-order valence-corrected chi connectivity index (χ0v) is 12.4. The molecule has 2 aromatic carbocycles. The van der Waals surface area contributed by atoms with Gasteiger partial charge in [-0.25, -0.2) is 0 Å². The molecule has 3 nitrogen and oxygen atoms in total. The number of hydrogen-bond donors (Lipinski definition) is 0. The van der Waals surface area contributed by atoms with Crippen molar-refractivity contribution in [3.8, 4) is 6.07 Å². The SMILES string of the molecule is N#CCCC1CCOC(c2ccccc2)(c2ccccc2)O1. The Morgan fingerprint density at radius 3 is 2.14 bits per heavy atom. The highest BCUT2D eigenvalue weighted by Gasteiger charge is 2.41. The van der Waals surface area contributed by atoms with Crippen LogP contribution in [0.5, 0.6) is 0 Å². The standard InChI is InChI=1S/C19H19NO2/c20-14-7-12-18-13-15-21-19(22-18,16-8-3-1-4-9-16)17-10-5-2-6-11-17/h1-6,8-11,18H,7,12-13,15H2. The van der Waals surface area contributed by atoms with Gasteiger partial charge in [0.05, 0.1) is 18.8 Å². The molecule has 22 heavy (non-hydrogen) atoms. The Kier molecular flexibility index (Phi) is 4.53. The van der Waals surface area contributed by atoms with Gasteiger partial charge >= 0.3 is 0 Å². The van der Waals surface area contributed by atoms with Crippen molar-refractivity contribution in [1.29, 1.82) is 5.26 Å². The predicted octanol–water partition coefficient (Wildman–Crippen LogP) is 4.00. The van der Waals surface area contributed by atoms with Crippen LogP contribution >= 0.6 is 0 Å². The molecule has 0 bridgehead atoms. The lowest BCUT2D eigenvalue weighted by Gasteiger charge is -2.41. The molecular formula is C19H19NO2. The Morgan fingerprint density at radius 2 is 1.59 bits per heavy atom. The van der Waals surface area contributed by atoms with Crippen molar-refractivity contribution in [2.75, 3.05) is 6.61 Å². The van der Waals surface area contributed by atoms with Crippen LogP contribution < -0.4 is 0 Å². The molecule has 2 aromatic rings. The third-order valence-electron chi connectivity index (χ3n) is 3.96. The lowest BCUT2D eigenvalue weighted by molar-refractivity contribution is -0.279. The highest BCUT2D eigenvalue weighted by atomic mass is 16.7. The number of nitrogens with zero attached hydrogens (tertiary/aromatic N) is 1. The molecule has 0 saturated carbocycles. The van der Waals surface area contributed by atoms with Gasteiger partial charge in [0.1, 0.15) is 0 Å². The van der Waals surface area contributed by atoms with Gasteiger partial charge in [-0.15, -0.1) is 0 Å². The second kappa shape index (κ2) is 6.74. The van der Waals surface area contributed by atoms with Gasteiger partial charge in [0.25, 0.3) is 0 Å². The fourth-order valence-corrected chi connectivity index (χ4v) is 2.88. The molecule has 0 N–H and O–H groups in total. The number of benzene rings is 2. The predicted molar refractivity (Wildman–Crippen MR) is 84.0 cm³/mol. The summed E-state index contributed by atoms with van der Waals surface area (Å²) in [4.78, 5) is 0. The largest absolute Gasteiger partial charge is 0.342 e. The van der Waals surface area contributed by atoms with Gasteiger partial charge in [-0.2, -0.15) is 5.26 Å². The molecule has 0 radical (unpaired) electrons. The first kappa shape index (κ1) is 14.8. The Bertz CT molecular complexity index is 594. The summed E-state index contributed by atoms with van der Waals surface area (Å²) < 4.78 is 12.5. The van der Waals surface area contributed by atoms with Crippen LogP contribution in [0.25, 0.3) is 0 Å². The van der Waals surface area contributed by atoms with E-state index in [1.54, 1.807) is 0 Å². The average molecular weight is 293 g/mol. The highest BCUT2D eigenvalue weighted by molar-refractivity contribution is 5.34. The van der Waals surface area contributed by atoms with Crippen LogP contribution in [0.4, 0.5) is 0 Å². The van der Waals surface area contributed by atoms with E-state index in [1.165, 1.54) is 0 Å². The molecule has 0 aliphatic carbocycles. The van der Waals surface area contributed by atoms with Crippen molar-refractivity contribution in [1.82, 2.24) is 0 Å². The van der Waals surface area contributed by atoms with Crippen molar-refractivity contribution in [3.63, 3.8) is 0 Å². The monoisotopic (exact) mass is 293 g/mol. The molecule has 1 fully saturated rings. The first-order chi connectivity index (χ1) is 10.8. The molecule has 1 aliphatic heterocycles. The summed E-state index contributed by atoms with van der Waals surface area (Å²) in [6.45, 7) is 0.625. The van der Waals surface area contributed by atoms with Crippen LogP contribution in [0.2, 0.25) is 0 Å². The second-order valence-corrected chi connectivity index (χ2v) is 5.42. The van der Waals surface area contributed by atoms with Gasteiger partial charge in [-0.1, -0.05) is 60.7 Å².